The number of ether oxygens (including phenoxy) is 1. The van der Waals surface area contributed by atoms with E-state index in [-0.39, 0.29) is 6.10 Å². The van der Waals surface area contributed by atoms with Crippen molar-refractivity contribution in [3.63, 3.8) is 0 Å². The van der Waals surface area contributed by atoms with Crippen LogP contribution in [-0.4, -0.2) is 17.8 Å². The molecule has 2 heteroatoms. The van der Waals surface area contributed by atoms with Crippen LogP contribution >= 0.6 is 0 Å². The standard InChI is InChI=1S/C17H24O2/c1-2-16-12-17(18,10-11-19-16)15-8-6-14(7-9-15)13-4-3-5-13/h6-9,13,16,18H,2-5,10-12H2,1H3. The van der Waals surface area contributed by atoms with Gasteiger partial charge in [-0.25, -0.2) is 0 Å². The van der Waals surface area contributed by atoms with Gasteiger partial charge in [-0.05, 0) is 36.3 Å². The molecule has 2 atom stereocenters. The molecule has 0 amide bonds. The Bertz CT molecular complexity index is 421. The quantitative estimate of drug-likeness (QED) is 0.897. The Morgan fingerprint density at radius 1 is 1.26 bits per heavy atom. The molecule has 0 spiro atoms. The third-order valence-electron chi connectivity index (χ3n) is 4.91. The summed E-state index contributed by atoms with van der Waals surface area (Å²) in [5.74, 6) is 0.766. The summed E-state index contributed by atoms with van der Waals surface area (Å²) in [4.78, 5) is 0. The van der Waals surface area contributed by atoms with Crippen molar-refractivity contribution in [2.45, 2.75) is 63.1 Å². The lowest BCUT2D eigenvalue weighted by Crippen LogP contribution is -2.38. The topological polar surface area (TPSA) is 29.5 Å². The van der Waals surface area contributed by atoms with E-state index in [0.29, 0.717) is 13.0 Å². The summed E-state index contributed by atoms with van der Waals surface area (Å²) in [6.45, 7) is 2.79. The smallest absolute Gasteiger partial charge is 0.0943 e. The van der Waals surface area contributed by atoms with E-state index in [9.17, 15) is 5.11 Å². The molecule has 0 bridgehead atoms. The van der Waals surface area contributed by atoms with E-state index in [4.69, 9.17) is 4.74 Å². The fourth-order valence-corrected chi connectivity index (χ4v) is 3.26. The van der Waals surface area contributed by atoms with Crippen LogP contribution in [0.3, 0.4) is 0 Å². The molecule has 3 rings (SSSR count). The van der Waals surface area contributed by atoms with Crippen molar-refractivity contribution >= 4 is 0 Å². The summed E-state index contributed by atoms with van der Waals surface area (Å²) in [7, 11) is 0. The molecule has 1 N–H and O–H groups in total. The highest BCUT2D eigenvalue weighted by molar-refractivity contribution is 5.30. The maximum Gasteiger partial charge on any atom is 0.0943 e. The van der Waals surface area contributed by atoms with Gasteiger partial charge in [-0.15, -0.1) is 0 Å². The van der Waals surface area contributed by atoms with E-state index in [1.54, 1.807) is 0 Å². The summed E-state index contributed by atoms with van der Waals surface area (Å²) in [6.07, 6.45) is 6.64. The first-order valence-electron chi connectivity index (χ1n) is 7.66. The molecule has 0 aromatic heterocycles. The van der Waals surface area contributed by atoms with Crippen LogP contribution in [0.1, 0.15) is 62.5 Å². The van der Waals surface area contributed by atoms with Crippen LogP contribution in [0, 0.1) is 0 Å². The first-order chi connectivity index (χ1) is 9.21. The van der Waals surface area contributed by atoms with Crippen molar-refractivity contribution in [1.29, 1.82) is 0 Å². The van der Waals surface area contributed by atoms with E-state index >= 15 is 0 Å². The molecule has 2 nitrogen and oxygen atoms in total. The third kappa shape index (κ3) is 2.56. The monoisotopic (exact) mass is 260 g/mol. The predicted octanol–water partition coefficient (Wildman–Crippen LogP) is 3.73. The van der Waals surface area contributed by atoms with E-state index in [1.165, 1.54) is 24.8 Å². The number of rotatable bonds is 3. The summed E-state index contributed by atoms with van der Waals surface area (Å²) in [5.41, 5.74) is 1.83. The van der Waals surface area contributed by atoms with Crippen LogP contribution in [0.4, 0.5) is 0 Å². The van der Waals surface area contributed by atoms with Gasteiger partial charge in [-0.2, -0.15) is 0 Å². The van der Waals surface area contributed by atoms with Crippen molar-refractivity contribution in [3.05, 3.63) is 35.4 Å². The Morgan fingerprint density at radius 3 is 2.58 bits per heavy atom. The minimum Gasteiger partial charge on any atom is -0.385 e. The SMILES string of the molecule is CCC1CC(O)(c2ccc(C3CCC3)cc2)CCO1. The van der Waals surface area contributed by atoms with Gasteiger partial charge in [0.1, 0.15) is 0 Å². The van der Waals surface area contributed by atoms with Gasteiger partial charge in [0.15, 0.2) is 0 Å². The maximum absolute atomic E-state index is 10.9. The van der Waals surface area contributed by atoms with Gasteiger partial charge in [-0.1, -0.05) is 37.6 Å². The highest BCUT2D eigenvalue weighted by Crippen LogP contribution is 2.39. The highest BCUT2D eigenvalue weighted by atomic mass is 16.5. The Morgan fingerprint density at radius 2 is 2.00 bits per heavy atom. The maximum atomic E-state index is 10.9. The van der Waals surface area contributed by atoms with Crippen LogP contribution in [0.25, 0.3) is 0 Å². The molecule has 2 aliphatic rings. The molecule has 104 valence electrons. The van der Waals surface area contributed by atoms with Crippen molar-refractivity contribution in [3.8, 4) is 0 Å². The van der Waals surface area contributed by atoms with Gasteiger partial charge in [0, 0.05) is 12.8 Å². The summed E-state index contributed by atoms with van der Waals surface area (Å²) in [6, 6.07) is 8.69. The second-order valence-corrected chi connectivity index (χ2v) is 6.14. The van der Waals surface area contributed by atoms with E-state index in [0.717, 1.165) is 24.3 Å². The molecule has 1 aromatic rings. The fourth-order valence-electron chi connectivity index (χ4n) is 3.26. The molecular formula is C17H24O2. The van der Waals surface area contributed by atoms with Gasteiger partial charge >= 0.3 is 0 Å². The Labute approximate surface area is 115 Å². The Balaban J connectivity index is 1.76. The van der Waals surface area contributed by atoms with Gasteiger partial charge in [0.05, 0.1) is 18.3 Å². The Hall–Kier alpha value is -0.860. The molecule has 1 saturated carbocycles. The number of aliphatic hydroxyl groups is 1. The minimum absolute atomic E-state index is 0.199. The summed E-state index contributed by atoms with van der Waals surface area (Å²) in [5, 5.41) is 10.9. The normalized spacial score (nSPS) is 32.0. The highest BCUT2D eigenvalue weighted by Gasteiger charge is 2.36. The molecule has 2 fully saturated rings. The molecule has 1 aliphatic carbocycles. The number of hydrogen-bond acceptors (Lipinski definition) is 2. The van der Waals surface area contributed by atoms with Crippen LogP contribution in [0.15, 0.2) is 24.3 Å². The van der Waals surface area contributed by atoms with Crippen LogP contribution in [0.5, 0.6) is 0 Å². The van der Waals surface area contributed by atoms with Gasteiger partial charge in [-0.3, -0.25) is 0 Å². The zero-order valence-corrected chi connectivity index (χ0v) is 11.8. The molecule has 1 aliphatic heterocycles. The third-order valence-corrected chi connectivity index (χ3v) is 4.91. The van der Waals surface area contributed by atoms with Crippen LogP contribution in [0.2, 0.25) is 0 Å². The van der Waals surface area contributed by atoms with Gasteiger partial charge < -0.3 is 9.84 Å². The van der Waals surface area contributed by atoms with E-state index in [2.05, 4.69) is 31.2 Å². The number of hydrogen-bond donors (Lipinski definition) is 1. The average Bonchev–Trinajstić information content (AvgIpc) is 2.37. The summed E-state index contributed by atoms with van der Waals surface area (Å²) < 4.78 is 5.67. The Kier molecular flexibility index (Phi) is 3.64. The van der Waals surface area contributed by atoms with E-state index in [1.807, 2.05) is 0 Å². The predicted molar refractivity (Wildman–Crippen MR) is 76.2 cm³/mol. The molecule has 0 radical (unpaired) electrons. The van der Waals surface area contributed by atoms with Crippen molar-refractivity contribution in [1.82, 2.24) is 0 Å². The molecule has 2 unspecified atom stereocenters. The number of benzene rings is 1. The van der Waals surface area contributed by atoms with Gasteiger partial charge in [0.25, 0.3) is 0 Å². The molecule has 1 heterocycles. The first-order valence-corrected chi connectivity index (χ1v) is 7.66. The van der Waals surface area contributed by atoms with Crippen molar-refractivity contribution < 1.29 is 9.84 Å². The lowest BCUT2D eigenvalue weighted by atomic mass is 9.78. The fraction of sp³-hybridized carbons (Fsp3) is 0.647. The lowest BCUT2D eigenvalue weighted by Gasteiger charge is -2.37. The molecule has 19 heavy (non-hydrogen) atoms. The second-order valence-electron chi connectivity index (χ2n) is 6.14. The second kappa shape index (κ2) is 5.26. The summed E-state index contributed by atoms with van der Waals surface area (Å²) >= 11 is 0. The zero-order valence-electron chi connectivity index (χ0n) is 11.8. The van der Waals surface area contributed by atoms with Crippen molar-refractivity contribution in [2.24, 2.45) is 0 Å². The van der Waals surface area contributed by atoms with E-state index < -0.39 is 5.60 Å². The molecular weight excluding hydrogens is 236 g/mol. The van der Waals surface area contributed by atoms with Crippen molar-refractivity contribution in [2.75, 3.05) is 6.61 Å². The average molecular weight is 260 g/mol. The van der Waals surface area contributed by atoms with Gasteiger partial charge in [0.2, 0.25) is 0 Å². The first kappa shape index (κ1) is 13.1. The van der Waals surface area contributed by atoms with Crippen LogP contribution < -0.4 is 0 Å². The largest absolute Gasteiger partial charge is 0.385 e. The van der Waals surface area contributed by atoms with Crippen LogP contribution in [-0.2, 0) is 10.3 Å². The molecule has 1 aromatic carbocycles. The lowest BCUT2D eigenvalue weighted by molar-refractivity contribution is -0.108. The molecule has 1 saturated heterocycles. The zero-order chi connectivity index (χ0) is 13.3. The minimum atomic E-state index is -0.683.